The Labute approximate surface area is 160 Å². The zero-order chi connectivity index (χ0) is 19.0. The van der Waals surface area contributed by atoms with E-state index in [1.54, 1.807) is 4.90 Å². The standard InChI is InChI=1S/C21H28N2O4/c1-14-6-5-8-17(15(14)2)23-13-16(12-19(23)24)20(25)22-9-4-3-7-18(22)21-26-10-11-27-21/h5-6,8,16,18,21H,3-4,7,9-13H2,1-2H3. The third kappa shape index (κ3) is 3.48. The molecule has 4 rings (SSSR count). The van der Waals surface area contributed by atoms with Gasteiger partial charge in [0.05, 0.1) is 25.2 Å². The van der Waals surface area contributed by atoms with Crippen LogP contribution in [0.4, 0.5) is 5.69 Å². The molecule has 1 aromatic rings. The van der Waals surface area contributed by atoms with Gasteiger partial charge in [0.25, 0.3) is 0 Å². The van der Waals surface area contributed by atoms with Crippen molar-refractivity contribution in [2.75, 3.05) is 31.2 Å². The van der Waals surface area contributed by atoms with Gasteiger partial charge in [-0.25, -0.2) is 0 Å². The predicted octanol–water partition coefficient (Wildman–Crippen LogP) is 2.41. The number of anilines is 1. The highest BCUT2D eigenvalue weighted by atomic mass is 16.7. The lowest BCUT2D eigenvalue weighted by Crippen LogP contribution is -2.52. The van der Waals surface area contributed by atoms with Gasteiger partial charge >= 0.3 is 0 Å². The van der Waals surface area contributed by atoms with Crippen LogP contribution in [0, 0.1) is 19.8 Å². The summed E-state index contributed by atoms with van der Waals surface area (Å²) in [4.78, 5) is 29.7. The van der Waals surface area contributed by atoms with Crippen molar-refractivity contribution < 1.29 is 19.1 Å². The minimum absolute atomic E-state index is 0.0291. The zero-order valence-corrected chi connectivity index (χ0v) is 16.1. The van der Waals surface area contributed by atoms with Gasteiger partial charge in [-0.15, -0.1) is 0 Å². The smallest absolute Gasteiger partial charge is 0.228 e. The first-order valence-electron chi connectivity index (χ1n) is 9.96. The Morgan fingerprint density at radius 2 is 1.93 bits per heavy atom. The summed E-state index contributed by atoms with van der Waals surface area (Å²) in [5, 5.41) is 0. The number of carbonyl (C=O) groups is 2. The van der Waals surface area contributed by atoms with E-state index in [9.17, 15) is 9.59 Å². The third-order valence-electron chi connectivity index (χ3n) is 6.14. The summed E-state index contributed by atoms with van der Waals surface area (Å²) in [5.74, 6) is -0.191. The zero-order valence-electron chi connectivity index (χ0n) is 16.1. The third-order valence-corrected chi connectivity index (χ3v) is 6.14. The second-order valence-corrected chi connectivity index (χ2v) is 7.83. The molecule has 3 aliphatic rings. The van der Waals surface area contributed by atoms with Crippen LogP contribution in [-0.4, -0.2) is 55.3 Å². The van der Waals surface area contributed by atoms with Gasteiger partial charge in [0.2, 0.25) is 11.8 Å². The molecule has 0 aromatic heterocycles. The highest BCUT2D eigenvalue weighted by Crippen LogP contribution is 2.32. The topological polar surface area (TPSA) is 59.1 Å². The van der Waals surface area contributed by atoms with Crippen molar-refractivity contribution >= 4 is 17.5 Å². The average Bonchev–Trinajstić information content (AvgIpc) is 3.33. The lowest BCUT2D eigenvalue weighted by atomic mass is 9.98. The van der Waals surface area contributed by atoms with Gasteiger partial charge in [-0.1, -0.05) is 12.1 Å². The molecule has 3 fully saturated rings. The van der Waals surface area contributed by atoms with Crippen molar-refractivity contribution in [1.82, 2.24) is 4.90 Å². The molecule has 0 saturated carbocycles. The van der Waals surface area contributed by atoms with Crippen LogP contribution in [0.2, 0.25) is 0 Å². The Balaban J connectivity index is 1.50. The number of likely N-dealkylation sites (tertiary alicyclic amines) is 1. The molecule has 6 heteroatoms. The summed E-state index contributed by atoms with van der Waals surface area (Å²) >= 11 is 0. The van der Waals surface area contributed by atoms with Gasteiger partial charge in [0, 0.05) is 25.2 Å². The van der Waals surface area contributed by atoms with Crippen LogP contribution in [0.5, 0.6) is 0 Å². The van der Waals surface area contributed by atoms with Crippen molar-refractivity contribution in [3.8, 4) is 0 Å². The summed E-state index contributed by atoms with van der Waals surface area (Å²) in [6, 6.07) is 5.95. The maximum atomic E-state index is 13.3. The number of hydrogen-bond acceptors (Lipinski definition) is 4. The van der Waals surface area contributed by atoms with E-state index in [0.29, 0.717) is 19.8 Å². The molecular formula is C21H28N2O4. The summed E-state index contributed by atoms with van der Waals surface area (Å²) in [5.41, 5.74) is 3.18. The van der Waals surface area contributed by atoms with Crippen LogP contribution in [0.15, 0.2) is 18.2 Å². The Morgan fingerprint density at radius 3 is 2.70 bits per heavy atom. The molecule has 2 amide bonds. The minimum Gasteiger partial charge on any atom is -0.348 e. The number of rotatable bonds is 3. The number of nitrogens with zero attached hydrogens (tertiary/aromatic N) is 2. The van der Waals surface area contributed by atoms with Crippen LogP contribution in [0.1, 0.15) is 36.8 Å². The molecule has 2 unspecified atom stereocenters. The fourth-order valence-electron chi connectivity index (χ4n) is 4.48. The fourth-order valence-corrected chi connectivity index (χ4v) is 4.48. The molecule has 2 atom stereocenters. The van der Waals surface area contributed by atoms with Gasteiger partial charge in [-0.05, 0) is 50.3 Å². The number of benzene rings is 1. The number of piperidine rings is 1. The molecule has 0 N–H and O–H groups in total. The molecule has 0 aliphatic carbocycles. The quantitative estimate of drug-likeness (QED) is 0.818. The van der Waals surface area contributed by atoms with Gasteiger partial charge in [-0.3, -0.25) is 9.59 Å². The lowest BCUT2D eigenvalue weighted by Gasteiger charge is -2.39. The lowest BCUT2D eigenvalue weighted by molar-refractivity contribution is -0.154. The summed E-state index contributed by atoms with van der Waals surface area (Å²) in [6.45, 7) is 6.43. The molecule has 0 bridgehead atoms. The molecular weight excluding hydrogens is 344 g/mol. The van der Waals surface area contributed by atoms with Crippen LogP contribution in [0.3, 0.4) is 0 Å². The second-order valence-electron chi connectivity index (χ2n) is 7.83. The van der Waals surface area contributed by atoms with Crippen LogP contribution in [0.25, 0.3) is 0 Å². The van der Waals surface area contributed by atoms with E-state index < -0.39 is 0 Å². The normalized spacial score (nSPS) is 26.8. The van der Waals surface area contributed by atoms with E-state index in [0.717, 1.165) is 42.6 Å². The van der Waals surface area contributed by atoms with Gasteiger partial charge in [0.1, 0.15) is 0 Å². The van der Waals surface area contributed by atoms with Crippen molar-refractivity contribution in [3.63, 3.8) is 0 Å². The molecule has 3 aliphatic heterocycles. The van der Waals surface area contributed by atoms with Crippen molar-refractivity contribution in [2.24, 2.45) is 5.92 Å². The molecule has 3 heterocycles. The highest BCUT2D eigenvalue weighted by Gasteiger charge is 2.42. The van der Waals surface area contributed by atoms with E-state index >= 15 is 0 Å². The second kappa shape index (κ2) is 7.60. The van der Waals surface area contributed by atoms with E-state index in [4.69, 9.17) is 9.47 Å². The highest BCUT2D eigenvalue weighted by molar-refractivity contribution is 6.01. The molecule has 146 valence electrons. The van der Waals surface area contributed by atoms with Crippen molar-refractivity contribution in [2.45, 2.75) is 51.9 Å². The molecule has 6 nitrogen and oxygen atoms in total. The molecule has 0 spiro atoms. The van der Waals surface area contributed by atoms with E-state index in [1.807, 2.05) is 36.9 Å². The van der Waals surface area contributed by atoms with E-state index in [-0.39, 0.29) is 36.5 Å². The Morgan fingerprint density at radius 1 is 1.15 bits per heavy atom. The summed E-state index contributed by atoms with van der Waals surface area (Å²) in [6.07, 6.45) is 2.94. The number of ether oxygens (including phenoxy) is 2. The summed E-state index contributed by atoms with van der Waals surface area (Å²) in [7, 11) is 0. The van der Waals surface area contributed by atoms with E-state index in [1.165, 1.54) is 0 Å². The fraction of sp³-hybridized carbons (Fsp3) is 0.619. The largest absolute Gasteiger partial charge is 0.348 e. The summed E-state index contributed by atoms with van der Waals surface area (Å²) < 4.78 is 11.4. The number of amides is 2. The SMILES string of the molecule is Cc1cccc(N2CC(C(=O)N3CCCCC3C3OCCO3)CC2=O)c1C. The minimum atomic E-state index is -0.318. The van der Waals surface area contributed by atoms with Crippen LogP contribution < -0.4 is 4.90 Å². The maximum absolute atomic E-state index is 13.3. The number of carbonyl (C=O) groups excluding carboxylic acids is 2. The van der Waals surface area contributed by atoms with Gasteiger partial charge < -0.3 is 19.3 Å². The predicted molar refractivity (Wildman–Crippen MR) is 101 cm³/mol. The van der Waals surface area contributed by atoms with Crippen LogP contribution >= 0.6 is 0 Å². The van der Waals surface area contributed by atoms with Gasteiger partial charge in [-0.2, -0.15) is 0 Å². The number of hydrogen-bond donors (Lipinski definition) is 0. The monoisotopic (exact) mass is 372 g/mol. The van der Waals surface area contributed by atoms with Crippen molar-refractivity contribution in [1.29, 1.82) is 0 Å². The molecule has 3 saturated heterocycles. The van der Waals surface area contributed by atoms with E-state index in [2.05, 4.69) is 0 Å². The van der Waals surface area contributed by atoms with Crippen LogP contribution in [-0.2, 0) is 19.1 Å². The first-order chi connectivity index (χ1) is 13.1. The first-order valence-corrected chi connectivity index (χ1v) is 9.96. The number of aryl methyl sites for hydroxylation is 1. The first kappa shape index (κ1) is 18.4. The Hall–Kier alpha value is -1.92. The molecule has 0 radical (unpaired) electrons. The molecule has 27 heavy (non-hydrogen) atoms. The van der Waals surface area contributed by atoms with Crippen molar-refractivity contribution in [3.05, 3.63) is 29.3 Å². The molecule has 1 aromatic carbocycles. The van der Waals surface area contributed by atoms with Gasteiger partial charge in [0.15, 0.2) is 6.29 Å². The average molecular weight is 372 g/mol. The Bertz CT molecular complexity index is 729. The Kier molecular flexibility index (Phi) is 5.19. The maximum Gasteiger partial charge on any atom is 0.228 e.